The maximum absolute atomic E-state index is 13.3. The van der Waals surface area contributed by atoms with Crippen molar-refractivity contribution in [2.75, 3.05) is 25.7 Å². The van der Waals surface area contributed by atoms with E-state index in [-0.39, 0.29) is 24.2 Å². The van der Waals surface area contributed by atoms with E-state index in [1.54, 1.807) is 34.1 Å². The van der Waals surface area contributed by atoms with E-state index in [1.165, 1.54) is 26.4 Å². The average molecular weight is 384 g/mol. The lowest BCUT2D eigenvalue weighted by Gasteiger charge is -2.26. The first-order chi connectivity index (χ1) is 13.5. The topological polar surface area (TPSA) is 59.1 Å². The van der Waals surface area contributed by atoms with Gasteiger partial charge >= 0.3 is 0 Å². The first kappa shape index (κ1) is 18.3. The van der Waals surface area contributed by atoms with Gasteiger partial charge in [-0.3, -0.25) is 9.59 Å². The highest BCUT2D eigenvalue weighted by Gasteiger charge is 2.42. The number of benzene rings is 2. The monoisotopic (exact) mass is 384 g/mol. The van der Waals surface area contributed by atoms with Crippen LogP contribution < -0.4 is 14.4 Å². The minimum absolute atomic E-state index is 0.138. The van der Waals surface area contributed by atoms with Gasteiger partial charge in [0.05, 0.1) is 32.0 Å². The van der Waals surface area contributed by atoms with Crippen LogP contribution in [0.1, 0.15) is 28.8 Å². The van der Waals surface area contributed by atoms with Crippen molar-refractivity contribution in [3.63, 3.8) is 0 Å². The molecule has 7 heteroatoms. The van der Waals surface area contributed by atoms with E-state index in [9.17, 15) is 14.0 Å². The maximum Gasteiger partial charge on any atom is 0.256 e. The molecule has 0 aromatic heterocycles. The summed E-state index contributed by atoms with van der Waals surface area (Å²) in [6.07, 6.45) is 1.42. The lowest BCUT2D eigenvalue weighted by molar-refractivity contribution is -0.122. The largest absolute Gasteiger partial charge is 0.493 e. The van der Waals surface area contributed by atoms with Crippen LogP contribution in [0.5, 0.6) is 11.5 Å². The second-order valence-corrected chi connectivity index (χ2v) is 6.93. The fourth-order valence-electron chi connectivity index (χ4n) is 3.92. The van der Waals surface area contributed by atoms with Crippen molar-refractivity contribution in [3.8, 4) is 11.5 Å². The number of amides is 2. The molecule has 4 rings (SSSR count). The number of nitrogens with zero attached hydrogens (tertiary/aromatic N) is 2. The second kappa shape index (κ2) is 7.14. The quantitative estimate of drug-likeness (QED) is 0.813. The fourth-order valence-corrected chi connectivity index (χ4v) is 3.92. The Balaban J connectivity index is 1.85. The summed E-state index contributed by atoms with van der Waals surface area (Å²) < 4.78 is 24.0. The molecule has 0 aliphatic carbocycles. The van der Waals surface area contributed by atoms with E-state index >= 15 is 0 Å². The molecule has 146 valence electrons. The van der Waals surface area contributed by atoms with Gasteiger partial charge in [0.1, 0.15) is 11.9 Å². The van der Waals surface area contributed by atoms with Crippen molar-refractivity contribution >= 4 is 17.5 Å². The highest BCUT2D eigenvalue weighted by molar-refractivity contribution is 6.11. The smallest absolute Gasteiger partial charge is 0.256 e. The summed E-state index contributed by atoms with van der Waals surface area (Å²) in [5.41, 5.74) is 1.65. The van der Waals surface area contributed by atoms with Crippen molar-refractivity contribution in [2.24, 2.45) is 0 Å². The van der Waals surface area contributed by atoms with Gasteiger partial charge in [-0.05, 0) is 36.6 Å². The Morgan fingerprint density at radius 2 is 1.75 bits per heavy atom. The number of rotatable bonds is 4. The van der Waals surface area contributed by atoms with Gasteiger partial charge in [-0.1, -0.05) is 12.1 Å². The average Bonchev–Trinajstić information content (AvgIpc) is 3.18. The molecule has 2 aliphatic rings. The maximum atomic E-state index is 13.3. The molecule has 0 spiro atoms. The summed E-state index contributed by atoms with van der Waals surface area (Å²) in [6.45, 7) is 0.784. The molecule has 2 aliphatic heterocycles. The van der Waals surface area contributed by atoms with Crippen LogP contribution in [-0.4, -0.2) is 43.5 Å². The van der Waals surface area contributed by atoms with Crippen molar-refractivity contribution in [1.82, 2.24) is 4.90 Å². The molecule has 28 heavy (non-hydrogen) atoms. The minimum atomic E-state index is -0.489. The number of carbonyl (C=O) groups excluding carboxylic acids is 2. The van der Waals surface area contributed by atoms with Gasteiger partial charge in [-0.25, -0.2) is 4.39 Å². The number of hydrogen-bond acceptors (Lipinski definition) is 4. The SMILES string of the molecule is COc1cc2c(cc1OC)N(Cc1ccc(F)cc1)C(=O)[C@@H]1CCCN1C2=O. The molecule has 0 N–H and O–H groups in total. The van der Waals surface area contributed by atoms with E-state index in [0.717, 1.165) is 12.0 Å². The van der Waals surface area contributed by atoms with Crippen LogP contribution in [0.2, 0.25) is 0 Å². The van der Waals surface area contributed by atoms with Crippen molar-refractivity contribution in [1.29, 1.82) is 0 Å². The van der Waals surface area contributed by atoms with Crippen LogP contribution in [-0.2, 0) is 11.3 Å². The van der Waals surface area contributed by atoms with E-state index < -0.39 is 6.04 Å². The molecule has 2 aromatic rings. The zero-order valence-electron chi connectivity index (χ0n) is 15.8. The van der Waals surface area contributed by atoms with Crippen LogP contribution in [0, 0.1) is 5.82 Å². The molecule has 1 atom stereocenters. The zero-order chi connectivity index (χ0) is 19.8. The third kappa shape index (κ3) is 2.96. The first-order valence-corrected chi connectivity index (χ1v) is 9.16. The highest BCUT2D eigenvalue weighted by Crippen LogP contribution is 2.40. The molecule has 0 saturated carbocycles. The summed E-state index contributed by atoms with van der Waals surface area (Å²) >= 11 is 0. The summed E-state index contributed by atoms with van der Waals surface area (Å²) in [4.78, 5) is 29.8. The summed E-state index contributed by atoms with van der Waals surface area (Å²) in [5, 5.41) is 0. The van der Waals surface area contributed by atoms with Crippen molar-refractivity contribution < 1.29 is 23.5 Å². The number of ether oxygens (including phenoxy) is 2. The standard InChI is InChI=1S/C21H21FN2O4/c1-27-18-10-15-17(11-19(18)28-2)24(12-13-5-7-14(22)8-6-13)21(26)16-4-3-9-23(16)20(15)25/h5-8,10-11,16H,3-4,9,12H2,1-2H3/t16-/m0/s1. The Bertz CT molecular complexity index is 929. The third-order valence-electron chi connectivity index (χ3n) is 5.34. The summed E-state index contributed by atoms with van der Waals surface area (Å²) in [7, 11) is 3.01. The Kier molecular flexibility index (Phi) is 4.66. The van der Waals surface area contributed by atoms with Gasteiger partial charge in [0.25, 0.3) is 5.91 Å². The molecule has 6 nitrogen and oxygen atoms in total. The molecule has 2 heterocycles. The van der Waals surface area contributed by atoms with Gasteiger partial charge in [0.2, 0.25) is 5.91 Å². The molecule has 1 saturated heterocycles. The number of hydrogen-bond donors (Lipinski definition) is 0. The van der Waals surface area contributed by atoms with Gasteiger partial charge in [0.15, 0.2) is 11.5 Å². The molecule has 2 aromatic carbocycles. The zero-order valence-corrected chi connectivity index (χ0v) is 15.8. The molecule has 0 unspecified atom stereocenters. The third-order valence-corrected chi connectivity index (χ3v) is 5.34. The van der Waals surface area contributed by atoms with Crippen LogP contribution in [0.25, 0.3) is 0 Å². The van der Waals surface area contributed by atoms with Gasteiger partial charge in [0, 0.05) is 12.6 Å². The Hall–Kier alpha value is -3.09. The molecule has 1 fully saturated rings. The number of halogens is 1. The number of anilines is 1. The lowest BCUT2D eigenvalue weighted by atomic mass is 10.1. The van der Waals surface area contributed by atoms with Gasteiger partial charge < -0.3 is 19.3 Å². The van der Waals surface area contributed by atoms with E-state index in [2.05, 4.69) is 0 Å². The number of carbonyl (C=O) groups is 2. The predicted molar refractivity (Wildman–Crippen MR) is 101 cm³/mol. The molecular formula is C21H21FN2O4. The summed E-state index contributed by atoms with van der Waals surface area (Å²) in [6, 6.07) is 8.81. The van der Waals surface area contributed by atoms with Crippen LogP contribution in [0.3, 0.4) is 0 Å². The Labute approximate surface area is 162 Å². The van der Waals surface area contributed by atoms with Crippen molar-refractivity contribution in [2.45, 2.75) is 25.4 Å². The van der Waals surface area contributed by atoms with Crippen LogP contribution >= 0.6 is 0 Å². The van der Waals surface area contributed by atoms with Gasteiger partial charge in [-0.15, -0.1) is 0 Å². The first-order valence-electron chi connectivity index (χ1n) is 9.16. The van der Waals surface area contributed by atoms with Crippen molar-refractivity contribution in [3.05, 3.63) is 53.3 Å². The fraction of sp³-hybridized carbons (Fsp3) is 0.333. The second-order valence-electron chi connectivity index (χ2n) is 6.93. The predicted octanol–water partition coefficient (Wildman–Crippen LogP) is 2.99. The number of fused-ring (bicyclic) bond motifs is 2. The minimum Gasteiger partial charge on any atom is -0.493 e. The molecule has 2 amide bonds. The van der Waals surface area contributed by atoms with E-state index in [0.29, 0.717) is 35.7 Å². The summed E-state index contributed by atoms with van der Waals surface area (Å²) in [5.74, 6) is 0.207. The Morgan fingerprint density at radius 3 is 2.43 bits per heavy atom. The highest BCUT2D eigenvalue weighted by atomic mass is 19.1. The van der Waals surface area contributed by atoms with Gasteiger partial charge in [-0.2, -0.15) is 0 Å². The van der Waals surface area contributed by atoms with E-state index in [1.807, 2.05) is 0 Å². The normalized spacial score (nSPS) is 18.6. The lowest BCUT2D eigenvalue weighted by Crippen LogP contribution is -2.44. The molecule has 0 bridgehead atoms. The van der Waals surface area contributed by atoms with Crippen LogP contribution in [0.4, 0.5) is 10.1 Å². The molecular weight excluding hydrogens is 363 g/mol. The Morgan fingerprint density at radius 1 is 1.07 bits per heavy atom. The van der Waals surface area contributed by atoms with Crippen LogP contribution in [0.15, 0.2) is 36.4 Å². The number of methoxy groups -OCH3 is 2. The molecule has 0 radical (unpaired) electrons. The van der Waals surface area contributed by atoms with E-state index in [4.69, 9.17) is 9.47 Å².